The van der Waals surface area contributed by atoms with Crippen molar-refractivity contribution in [1.82, 2.24) is 0 Å². The van der Waals surface area contributed by atoms with Crippen LogP contribution in [-0.2, 0) is 0 Å². The van der Waals surface area contributed by atoms with Crippen molar-refractivity contribution < 1.29 is 4.42 Å². The second-order valence-corrected chi connectivity index (χ2v) is 3.96. The molecule has 0 aromatic carbocycles. The molecule has 0 amide bonds. The Kier molecular flexibility index (Phi) is 2.80. The first-order chi connectivity index (χ1) is 8.19. The number of nitriles is 2. The zero-order chi connectivity index (χ0) is 12.4. The summed E-state index contributed by atoms with van der Waals surface area (Å²) in [4.78, 5) is 4.26. The summed E-state index contributed by atoms with van der Waals surface area (Å²) in [5, 5.41) is 18.4. The topological polar surface area (TPSA) is 73.1 Å². The number of hydrogen-bond donors (Lipinski definition) is 0. The lowest BCUT2D eigenvalue weighted by atomic mass is 9.80. The molecule has 1 aliphatic rings. The van der Waals surface area contributed by atoms with Crippen LogP contribution in [0.25, 0.3) is 0 Å². The van der Waals surface area contributed by atoms with Crippen molar-refractivity contribution in [1.29, 1.82) is 10.5 Å². The van der Waals surface area contributed by atoms with Gasteiger partial charge < -0.3 is 4.42 Å². The minimum absolute atomic E-state index is 0.336. The Hall–Kier alpha value is -2.33. The van der Waals surface area contributed by atoms with Crippen LogP contribution in [0, 0.1) is 28.6 Å². The molecule has 4 nitrogen and oxygen atoms in total. The smallest absolute Gasteiger partial charge is 0.113 e. The molecule has 1 aromatic heterocycles. The number of nitrogens with zero attached hydrogens (tertiary/aromatic N) is 3. The minimum Gasteiger partial charge on any atom is -0.469 e. The molecule has 2 rings (SSSR count). The molecule has 17 heavy (non-hydrogen) atoms. The van der Waals surface area contributed by atoms with E-state index in [9.17, 15) is 10.5 Å². The zero-order valence-electron chi connectivity index (χ0n) is 9.64. The van der Waals surface area contributed by atoms with Crippen molar-refractivity contribution in [2.75, 3.05) is 0 Å². The van der Waals surface area contributed by atoms with E-state index in [0.717, 1.165) is 5.71 Å². The molecule has 1 aliphatic heterocycles. The van der Waals surface area contributed by atoms with Crippen LogP contribution < -0.4 is 0 Å². The molecule has 0 N–H and O–H groups in total. The zero-order valence-corrected chi connectivity index (χ0v) is 9.64. The molecule has 0 spiro atoms. The summed E-state index contributed by atoms with van der Waals surface area (Å²) in [6, 6.07) is 7.89. The van der Waals surface area contributed by atoms with Crippen LogP contribution in [0.15, 0.2) is 39.1 Å². The summed E-state index contributed by atoms with van der Waals surface area (Å²) in [5.41, 5.74) is 1.90. The van der Waals surface area contributed by atoms with Crippen LogP contribution >= 0.6 is 0 Å². The Balaban J connectivity index is 2.58. The van der Waals surface area contributed by atoms with Gasteiger partial charge in [0, 0.05) is 5.71 Å². The highest BCUT2D eigenvalue weighted by atomic mass is 16.3. The highest BCUT2D eigenvalue weighted by Crippen LogP contribution is 2.38. The number of aliphatic imine (C=N–C) groups is 1. The molecule has 0 radical (unpaired) electrons. The molecule has 0 aliphatic carbocycles. The number of furan rings is 1. The van der Waals surface area contributed by atoms with Gasteiger partial charge in [-0.15, -0.1) is 0 Å². The molecule has 2 heterocycles. The number of allylic oxidation sites excluding steroid dienone is 2. The number of rotatable bonds is 1. The van der Waals surface area contributed by atoms with Gasteiger partial charge in [0.15, 0.2) is 0 Å². The number of hydrogen-bond acceptors (Lipinski definition) is 4. The normalized spacial score (nSPS) is 23.9. The van der Waals surface area contributed by atoms with Crippen LogP contribution in [0.1, 0.15) is 25.5 Å². The van der Waals surface area contributed by atoms with Gasteiger partial charge >= 0.3 is 0 Å². The summed E-state index contributed by atoms with van der Waals surface area (Å²) in [7, 11) is 0. The lowest BCUT2D eigenvalue weighted by Gasteiger charge is -2.24. The van der Waals surface area contributed by atoms with Gasteiger partial charge in [-0.05, 0) is 26.0 Å². The SMILES string of the molecule is CC1=NC(C)=C(C#N)C(c2ccco2)C1C#N. The molecule has 0 saturated carbocycles. The van der Waals surface area contributed by atoms with Crippen LogP contribution in [0.3, 0.4) is 0 Å². The van der Waals surface area contributed by atoms with E-state index >= 15 is 0 Å². The van der Waals surface area contributed by atoms with E-state index < -0.39 is 5.92 Å². The van der Waals surface area contributed by atoms with Crippen molar-refractivity contribution in [2.45, 2.75) is 19.8 Å². The van der Waals surface area contributed by atoms with Gasteiger partial charge in [-0.25, -0.2) is 0 Å². The Morgan fingerprint density at radius 3 is 2.65 bits per heavy atom. The third-order valence-corrected chi connectivity index (χ3v) is 2.94. The summed E-state index contributed by atoms with van der Waals surface area (Å²) in [6.07, 6.45) is 1.55. The molecular formula is C13H11N3O. The van der Waals surface area contributed by atoms with Crippen molar-refractivity contribution in [2.24, 2.45) is 10.9 Å². The summed E-state index contributed by atoms with van der Waals surface area (Å²) in [6.45, 7) is 3.59. The Labute approximate surface area is 99.5 Å². The van der Waals surface area contributed by atoms with Crippen molar-refractivity contribution in [3.8, 4) is 12.1 Å². The van der Waals surface area contributed by atoms with Gasteiger partial charge in [-0.1, -0.05) is 0 Å². The molecular weight excluding hydrogens is 214 g/mol. The highest BCUT2D eigenvalue weighted by Gasteiger charge is 2.35. The van der Waals surface area contributed by atoms with Crippen LogP contribution in [0.2, 0.25) is 0 Å². The molecule has 0 saturated heterocycles. The first-order valence-electron chi connectivity index (χ1n) is 5.28. The summed E-state index contributed by atoms with van der Waals surface area (Å²) in [5.74, 6) is -0.126. The molecule has 2 unspecified atom stereocenters. The average Bonchev–Trinajstić information content (AvgIpc) is 2.81. The fourth-order valence-electron chi connectivity index (χ4n) is 2.12. The largest absolute Gasteiger partial charge is 0.469 e. The maximum atomic E-state index is 9.23. The van der Waals surface area contributed by atoms with Gasteiger partial charge in [-0.2, -0.15) is 10.5 Å². The predicted molar refractivity (Wildman–Crippen MR) is 62.0 cm³/mol. The van der Waals surface area contributed by atoms with E-state index in [1.807, 2.05) is 6.92 Å². The predicted octanol–water partition coefficient (Wildman–Crippen LogP) is 2.78. The van der Waals surface area contributed by atoms with Gasteiger partial charge in [0.25, 0.3) is 0 Å². The molecule has 2 atom stereocenters. The van der Waals surface area contributed by atoms with Gasteiger partial charge in [0.2, 0.25) is 0 Å². The van der Waals surface area contributed by atoms with Crippen molar-refractivity contribution in [3.63, 3.8) is 0 Å². The highest BCUT2D eigenvalue weighted by molar-refractivity contribution is 5.90. The average molecular weight is 225 g/mol. The van der Waals surface area contributed by atoms with E-state index in [1.54, 1.807) is 25.3 Å². The van der Waals surface area contributed by atoms with E-state index in [1.165, 1.54) is 0 Å². The lowest BCUT2D eigenvalue weighted by Crippen LogP contribution is -2.24. The maximum Gasteiger partial charge on any atom is 0.113 e. The summed E-state index contributed by atoms with van der Waals surface area (Å²) >= 11 is 0. The minimum atomic E-state index is -0.431. The Bertz CT molecular complexity index is 567. The third-order valence-electron chi connectivity index (χ3n) is 2.94. The van der Waals surface area contributed by atoms with Crippen LogP contribution in [-0.4, -0.2) is 5.71 Å². The van der Waals surface area contributed by atoms with Crippen LogP contribution in [0.4, 0.5) is 0 Å². The fraction of sp³-hybridized carbons (Fsp3) is 0.308. The molecule has 1 aromatic rings. The van der Waals surface area contributed by atoms with Gasteiger partial charge in [-0.3, -0.25) is 4.99 Å². The van der Waals surface area contributed by atoms with Gasteiger partial charge in [0.05, 0.1) is 41.5 Å². The first-order valence-corrected chi connectivity index (χ1v) is 5.28. The summed E-state index contributed by atoms with van der Waals surface area (Å²) < 4.78 is 5.34. The second-order valence-electron chi connectivity index (χ2n) is 3.96. The molecule has 4 heteroatoms. The van der Waals surface area contributed by atoms with E-state index in [0.29, 0.717) is 17.0 Å². The lowest BCUT2D eigenvalue weighted by molar-refractivity contribution is 0.468. The molecule has 0 bridgehead atoms. The van der Waals surface area contributed by atoms with E-state index in [-0.39, 0.29) is 5.92 Å². The quantitative estimate of drug-likeness (QED) is 0.737. The molecule has 0 fully saturated rings. The first kappa shape index (κ1) is 11.2. The monoisotopic (exact) mass is 225 g/mol. The van der Waals surface area contributed by atoms with E-state index in [2.05, 4.69) is 17.1 Å². The van der Waals surface area contributed by atoms with Gasteiger partial charge in [0.1, 0.15) is 5.76 Å². The molecule has 84 valence electrons. The van der Waals surface area contributed by atoms with E-state index in [4.69, 9.17) is 4.42 Å². The van der Waals surface area contributed by atoms with Crippen molar-refractivity contribution in [3.05, 3.63) is 35.4 Å². The third kappa shape index (κ3) is 1.74. The van der Waals surface area contributed by atoms with Crippen molar-refractivity contribution >= 4 is 5.71 Å². The fourth-order valence-corrected chi connectivity index (χ4v) is 2.12. The maximum absolute atomic E-state index is 9.23. The standard InChI is InChI=1S/C13H11N3O/c1-8-10(6-14)13(12-4-3-5-17-12)11(7-15)9(2)16-8/h3-5,10,13H,1-2H3. The van der Waals surface area contributed by atoms with Crippen LogP contribution in [0.5, 0.6) is 0 Å². The Morgan fingerprint density at radius 1 is 1.35 bits per heavy atom. The second kappa shape index (κ2) is 4.27. The Morgan fingerprint density at radius 2 is 2.12 bits per heavy atom.